The first kappa shape index (κ1) is 24.6. The first-order valence-corrected chi connectivity index (χ1v) is 12.6. The van der Waals surface area contributed by atoms with E-state index in [0.29, 0.717) is 17.4 Å². The summed E-state index contributed by atoms with van der Waals surface area (Å²) in [5.41, 5.74) is 8.72. The molecule has 1 spiro atoms. The summed E-state index contributed by atoms with van der Waals surface area (Å²) >= 11 is 0. The van der Waals surface area contributed by atoms with Gasteiger partial charge in [-0.3, -0.25) is 4.79 Å². The Labute approximate surface area is 204 Å². The molecule has 0 aromatic heterocycles. The number of Topliss-reactive ketones (excluding diaryl/α,β-unsaturated/α-hetero) is 1. The summed E-state index contributed by atoms with van der Waals surface area (Å²) in [6.45, 7) is 13.7. The van der Waals surface area contributed by atoms with Gasteiger partial charge in [0.2, 0.25) is 0 Å². The average Bonchev–Trinajstić information content (AvgIpc) is 3.00. The largest absolute Gasteiger partial charge is 0.487 e. The van der Waals surface area contributed by atoms with Gasteiger partial charge in [0.05, 0.1) is 17.2 Å². The molecule has 0 saturated heterocycles. The molecule has 1 aromatic rings. The van der Waals surface area contributed by atoms with Crippen LogP contribution in [0.4, 0.5) is 0 Å². The minimum absolute atomic E-state index is 0.0770. The number of carbonyl (C=O) groups excluding carboxylic acids is 1. The molecular weight excluding hydrogens is 422 g/mol. The van der Waals surface area contributed by atoms with E-state index in [-0.39, 0.29) is 35.8 Å². The number of hydrogen-bond donors (Lipinski definition) is 2. The first-order valence-electron chi connectivity index (χ1n) is 12.6. The number of rotatable bonds is 5. The van der Waals surface area contributed by atoms with E-state index < -0.39 is 5.41 Å². The van der Waals surface area contributed by atoms with Crippen molar-refractivity contribution in [2.45, 2.75) is 60.4 Å². The van der Waals surface area contributed by atoms with Crippen molar-refractivity contribution in [3.8, 4) is 5.75 Å². The fourth-order valence-electron chi connectivity index (χ4n) is 6.80. The van der Waals surface area contributed by atoms with E-state index in [9.17, 15) is 4.79 Å². The van der Waals surface area contributed by atoms with Crippen LogP contribution < -0.4 is 16.3 Å². The molecule has 3 aliphatic rings. The van der Waals surface area contributed by atoms with Crippen molar-refractivity contribution in [3.05, 3.63) is 65.5 Å². The lowest BCUT2D eigenvalue weighted by Gasteiger charge is -2.42. The fraction of sp³-hybridized carbons (Fsp3) is 0.552. The molecule has 0 radical (unpaired) electrons. The number of hydrogen-bond acceptors (Lipinski definition) is 5. The van der Waals surface area contributed by atoms with Crippen LogP contribution in [0.5, 0.6) is 5.75 Å². The standard InChI is InChI=1S/C29H41N3O2/c1-18-12-24-26(32(31)16-22(30)17-34-23-10-8-7-9-11-23)19(2)15-29(24)21(4)14-20(3)28(5,6)25(13-18)27(29)33/h7-11,13,15-16,20-21,24-26H,12,14,17,30-31H2,1-6H3/b22-16-/t20?,21-,24?,25?,26?,29?/m1/s1. The molecule has 4 N–H and O–H groups in total. The molecule has 184 valence electrons. The zero-order chi connectivity index (χ0) is 24.8. The van der Waals surface area contributed by atoms with Gasteiger partial charge in [-0.2, -0.15) is 0 Å². The van der Waals surface area contributed by atoms with Crippen molar-refractivity contribution in [1.82, 2.24) is 5.01 Å². The van der Waals surface area contributed by atoms with Gasteiger partial charge in [0.1, 0.15) is 12.4 Å². The van der Waals surface area contributed by atoms with Crippen LogP contribution in [0.2, 0.25) is 0 Å². The van der Waals surface area contributed by atoms with Gasteiger partial charge in [0.15, 0.2) is 5.78 Å². The Morgan fingerprint density at radius 3 is 2.53 bits per heavy atom. The first-order chi connectivity index (χ1) is 16.0. The molecule has 5 heteroatoms. The zero-order valence-electron chi connectivity index (χ0n) is 21.5. The maximum Gasteiger partial charge on any atom is 0.150 e. The number of benzene rings is 1. The Balaban J connectivity index is 1.65. The second-order valence-electron chi connectivity index (χ2n) is 11.5. The topological polar surface area (TPSA) is 81.6 Å². The molecule has 34 heavy (non-hydrogen) atoms. The monoisotopic (exact) mass is 463 g/mol. The number of ether oxygens (including phenoxy) is 1. The minimum Gasteiger partial charge on any atom is -0.487 e. The van der Waals surface area contributed by atoms with Crippen LogP contribution in [0.3, 0.4) is 0 Å². The van der Waals surface area contributed by atoms with Crippen molar-refractivity contribution in [1.29, 1.82) is 0 Å². The van der Waals surface area contributed by atoms with Crippen molar-refractivity contribution in [2.24, 2.45) is 46.1 Å². The normalized spacial score (nSPS) is 35.0. The van der Waals surface area contributed by atoms with Crippen molar-refractivity contribution < 1.29 is 9.53 Å². The molecule has 1 saturated carbocycles. The van der Waals surface area contributed by atoms with E-state index in [1.165, 1.54) is 5.57 Å². The van der Waals surface area contributed by atoms with Gasteiger partial charge >= 0.3 is 0 Å². The van der Waals surface area contributed by atoms with E-state index >= 15 is 0 Å². The highest BCUT2D eigenvalue weighted by molar-refractivity contribution is 5.93. The lowest BCUT2D eigenvalue weighted by atomic mass is 9.62. The second-order valence-corrected chi connectivity index (χ2v) is 11.5. The van der Waals surface area contributed by atoms with E-state index in [0.717, 1.165) is 24.2 Å². The summed E-state index contributed by atoms with van der Waals surface area (Å²) in [7, 11) is 0. The average molecular weight is 464 g/mol. The fourth-order valence-corrected chi connectivity index (χ4v) is 6.80. The van der Waals surface area contributed by atoms with Crippen LogP contribution in [-0.2, 0) is 4.79 Å². The van der Waals surface area contributed by atoms with Gasteiger partial charge in [-0.05, 0) is 56.1 Å². The molecular formula is C29H41N3O2. The molecule has 0 aliphatic heterocycles. The van der Waals surface area contributed by atoms with Crippen LogP contribution >= 0.6 is 0 Å². The lowest BCUT2D eigenvalue weighted by molar-refractivity contribution is -0.135. The van der Waals surface area contributed by atoms with Crippen molar-refractivity contribution >= 4 is 5.78 Å². The quantitative estimate of drug-likeness (QED) is 0.356. The highest BCUT2D eigenvalue weighted by atomic mass is 16.5. The van der Waals surface area contributed by atoms with E-state index in [2.05, 4.69) is 53.7 Å². The number of allylic oxidation sites excluding steroid dienone is 3. The van der Waals surface area contributed by atoms with Crippen LogP contribution in [-0.4, -0.2) is 23.4 Å². The third-order valence-electron chi connectivity index (χ3n) is 9.01. The molecule has 4 rings (SSSR count). The highest BCUT2D eigenvalue weighted by Crippen LogP contribution is 2.60. The van der Waals surface area contributed by atoms with E-state index in [4.69, 9.17) is 16.3 Å². The maximum atomic E-state index is 14.4. The summed E-state index contributed by atoms with van der Waals surface area (Å²) in [6, 6.07) is 9.53. The van der Waals surface area contributed by atoms with Gasteiger partial charge in [0, 0.05) is 18.0 Å². The summed E-state index contributed by atoms with van der Waals surface area (Å²) in [6.07, 6.45) is 8.20. The Morgan fingerprint density at radius 2 is 1.85 bits per heavy atom. The van der Waals surface area contributed by atoms with Gasteiger partial charge in [0.25, 0.3) is 0 Å². The van der Waals surface area contributed by atoms with Gasteiger partial charge in [-0.1, -0.05) is 69.2 Å². The van der Waals surface area contributed by atoms with Gasteiger partial charge in [-0.25, -0.2) is 5.84 Å². The Kier molecular flexibility index (Phi) is 6.45. The molecule has 1 aromatic carbocycles. The number of nitrogens with two attached hydrogens (primary N) is 2. The second kappa shape index (κ2) is 8.92. The van der Waals surface area contributed by atoms with Gasteiger partial charge in [-0.15, -0.1) is 0 Å². The molecule has 3 aliphatic carbocycles. The van der Waals surface area contributed by atoms with Crippen LogP contribution in [0, 0.1) is 34.5 Å². The summed E-state index contributed by atoms with van der Waals surface area (Å²) in [4.78, 5) is 14.4. The van der Waals surface area contributed by atoms with Crippen molar-refractivity contribution in [3.63, 3.8) is 0 Å². The summed E-state index contributed by atoms with van der Waals surface area (Å²) in [5.74, 6) is 8.51. The molecule has 5 nitrogen and oxygen atoms in total. The number of fused-ring (bicyclic) bond motifs is 1. The number of ketones is 1. The smallest absolute Gasteiger partial charge is 0.150 e. The Morgan fingerprint density at radius 1 is 1.18 bits per heavy atom. The molecule has 0 amide bonds. The Hall–Kier alpha value is -2.53. The van der Waals surface area contributed by atoms with Crippen LogP contribution in [0.25, 0.3) is 0 Å². The maximum absolute atomic E-state index is 14.4. The minimum atomic E-state index is -0.504. The third-order valence-corrected chi connectivity index (χ3v) is 9.01. The van der Waals surface area contributed by atoms with Crippen LogP contribution in [0.15, 0.2) is 65.5 Å². The SMILES string of the molecule is CC1=CC2C(=O)C3(C=C(C)C(N(N)/C=C(\N)COc4ccccc4)C3C1)[C@H](C)CC(C)C2(C)C. The van der Waals surface area contributed by atoms with Gasteiger partial charge < -0.3 is 15.5 Å². The number of carbonyl (C=O) groups is 1. The molecule has 0 heterocycles. The number of para-hydroxylation sites is 1. The van der Waals surface area contributed by atoms with Crippen LogP contribution in [0.1, 0.15) is 54.4 Å². The number of hydrazine groups is 1. The predicted molar refractivity (Wildman–Crippen MR) is 137 cm³/mol. The summed E-state index contributed by atoms with van der Waals surface area (Å²) in [5, 5.41) is 1.72. The van der Waals surface area contributed by atoms with E-state index in [1.54, 1.807) is 11.2 Å². The zero-order valence-corrected chi connectivity index (χ0v) is 21.5. The Bertz CT molecular complexity index is 1030. The molecule has 5 unspecified atom stereocenters. The summed E-state index contributed by atoms with van der Waals surface area (Å²) < 4.78 is 5.80. The van der Waals surface area contributed by atoms with E-state index in [1.807, 2.05) is 30.3 Å². The molecule has 2 bridgehead atoms. The molecule has 1 fully saturated rings. The highest BCUT2D eigenvalue weighted by Gasteiger charge is 2.61. The lowest BCUT2D eigenvalue weighted by Crippen LogP contribution is -2.50. The third kappa shape index (κ3) is 3.98. The number of nitrogens with zero attached hydrogens (tertiary/aromatic N) is 1. The van der Waals surface area contributed by atoms with Crippen molar-refractivity contribution in [2.75, 3.05) is 6.61 Å². The predicted octanol–water partition coefficient (Wildman–Crippen LogP) is 5.21. The molecule has 6 atom stereocenters.